The highest BCUT2D eigenvalue weighted by Crippen LogP contribution is 2.28. The van der Waals surface area contributed by atoms with Crippen LogP contribution in [0.15, 0.2) is 18.2 Å². The average Bonchev–Trinajstić information content (AvgIpc) is 2.18. The van der Waals surface area contributed by atoms with Crippen molar-refractivity contribution in [2.45, 2.75) is 6.04 Å². The molecule has 0 aliphatic carbocycles. The van der Waals surface area contributed by atoms with Crippen LogP contribution in [0.25, 0.3) is 0 Å². The van der Waals surface area contributed by atoms with Gasteiger partial charge in [-0.3, -0.25) is 4.79 Å². The third-order valence-corrected chi connectivity index (χ3v) is 2.27. The zero-order valence-electron chi connectivity index (χ0n) is 8.45. The predicted molar refractivity (Wildman–Crippen MR) is 57.4 cm³/mol. The van der Waals surface area contributed by atoms with Crippen molar-refractivity contribution < 1.29 is 14.6 Å². The molecule has 1 aromatic rings. The number of carboxylic acids is 1. The lowest BCUT2D eigenvalue weighted by Gasteiger charge is -2.15. The van der Waals surface area contributed by atoms with Gasteiger partial charge in [-0.2, -0.15) is 0 Å². The number of carbonyl (C=O) groups is 1. The molecule has 0 spiro atoms. The maximum atomic E-state index is 10.9. The molecule has 15 heavy (non-hydrogen) atoms. The van der Waals surface area contributed by atoms with Gasteiger partial charge in [0, 0.05) is 10.6 Å². The fraction of sp³-hybridized carbons (Fsp3) is 0.300. The maximum absolute atomic E-state index is 10.9. The Morgan fingerprint density at radius 2 is 2.27 bits per heavy atom. The predicted octanol–water partition coefficient (Wildman–Crippen LogP) is 1.69. The molecular formula is C10H12ClNO3. The van der Waals surface area contributed by atoms with Gasteiger partial charge in [0.15, 0.2) is 0 Å². The normalized spacial score (nSPS) is 12.2. The highest BCUT2D eigenvalue weighted by atomic mass is 35.5. The van der Waals surface area contributed by atoms with Gasteiger partial charge in [-0.25, -0.2) is 0 Å². The van der Waals surface area contributed by atoms with Gasteiger partial charge in [0.05, 0.1) is 7.11 Å². The zero-order valence-corrected chi connectivity index (χ0v) is 9.21. The minimum Gasteiger partial charge on any atom is -0.496 e. The van der Waals surface area contributed by atoms with Crippen LogP contribution < -0.4 is 10.1 Å². The molecule has 1 aromatic carbocycles. The maximum Gasteiger partial charge on any atom is 0.325 e. The first-order valence-electron chi connectivity index (χ1n) is 4.33. The zero-order chi connectivity index (χ0) is 11.4. The van der Waals surface area contributed by atoms with Crippen molar-refractivity contribution >= 4 is 17.6 Å². The fourth-order valence-corrected chi connectivity index (χ4v) is 1.52. The standard InChI is InChI=1S/C10H12ClNO3/c1-12-9(10(13)14)7-5-6(11)3-4-8(7)15-2/h3-5,9,12H,1-2H3,(H,13,14). The monoisotopic (exact) mass is 229 g/mol. The minimum absolute atomic E-state index is 0.479. The van der Waals surface area contributed by atoms with Crippen molar-refractivity contribution in [3.05, 3.63) is 28.8 Å². The number of methoxy groups -OCH3 is 1. The Hall–Kier alpha value is -1.26. The summed E-state index contributed by atoms with van der Waals surface area (Å²) in [5.41, 5.74) is 0.514. The molecule has 0 aliphatic rings. The first kappa shape index (κ1) is 11.8. The van der Waals surface area contributed by atoms with Gasteiger partial charge in [0.25, 0.3) is 0 Å². The largest absolute Gasteiger partial charge is 0.496 e. The molecule has 4 nitrogen and oxygen atoms in total. The number of likely N-dealkylation sites (N-methyl/N-ethyl adjacent to an activating group) is 1. The third-order valence-electron chi connectivity index (χ3n) is 2.04. The van der Waals surface area contributed by atoms with Gasteiger partial charge in [0.2, 0.25) is 0 Å². The minimum atomic E-state index is -0.974. The lowest BCUT2D eigenvalue weighted by atomic mass is 10.1. The lowest BCUT2D eigenvalue weighted by Crippen LogP contribution is -2.25. The molecule has 0 saturated carbocycles. The van der Waals surface area contributed by atoms with Crippen molar-refractivity contribution in [1.29, 1.82) is 0 Å². The van der Waals surface area contributed by atoms with Crippen molar-refractivity contribution in [1.82, 2.24) is 5.32 Å². The summed E-state index contributed by atoms with van der Waals surface area (Å²) in [6.45, 7) is 0. The van der Waals surface area contributed by atoms with E-state index in [-0.39, 0.29) is 0 Å². The van der Waals surface area contributed by atoms with E-state index in [9.17, 15) is 4.79 Å². The number of hydrogen-bond donors (Lipinski definition) is 2. The van der Waals surface area contributed by atoms with Gasteiger partial charge in [-0.05, 0) is 25.2 Å². The summed E-state index contributed by atoms with van der Waals surface area (Å²) >= 11 is 5.80. The molecule has 2 N–H and O–H groups in total. The summed E-state index contributed by atoms with van der Waals surface area (Å²) in [4.78, 5) is 10.9. The molecule has 0 aliphatic heterocycles. The number of ether oxygens (including phenoxy) is 1. The van der Waals surface area contributed by atoms with Crippen LogP contribution in [-0.2, 0) is 4.79 Å². The Morgan fingerprint density at radius 1 is 1.60 bits per heavy atom. The summed E-state index contributed by atoms with van der Waals surface area (Å²) in [6.07, 6.45) is 0. The van der Waals surface area contributed by atoms with Crippen LogP contribution in [0.2, 0.25) is 5.02 Å². The number of hydrogen-bond acceptors (Lipinski definition) is 3. The van der Waals surface area contributed by atoms with Gasteiger partial charge in [0.1, 0.15) is 11.8 Å². The molecule has 0 amide bonds. The number of benzene rings is 1. The Labute approximate surface area is 92.8 Å². The smallest absolute Gasteiger partial charge is 0.325 e. The number of rotatable bonds is 4. The highest BCUT2D eigenvalue weighted by Gasteiger charge is 2.21. The quantitative estimate of drug-likeness (QED) is 0.825. The molecule has 0 heterocycles. The Kier molecular flexibility index (Phi) is 3.94. The molecule has 0 fully saturated rings. The molecule has 1 unspecified atom stereocenters. The molecular weight excluding hydrogens is 218 g/mol. The molecule has 1 atom stereocenters. The molecule has 1 rings (SSSR count). The molecule has 0 bridgehead atoms. The fourth-order valence-electron chi connectivity index (χ4n) is 1.34. The summed E-state index contributed by atoms with van der Waals surface area (Å²) in [7, 11) is 3.06. The second-order valence-corrected chi connectivity index (χ2v) is 3.38. The van der Waals surface area contributed by atoms with Crippen LogP contribution in [-0.4, -0.2) is 25.2 Å². The van der Waals surface area contributed by atoms with Crippen molar-refractivity contribution in [2.24, 2.45) is 0 Å². The van der Waals surface area contributed by atoms with Crippen LogP contribution in [0.4, 0.5) is 0 Å². The Balaban J connectivity index is 3.19. The van der Waals surface area contributed by atoms with Gasteiger partial charge in [-0.15, -0.1) is 0 Å². The van der Waals surface area contributed by atoms with Crippen LogP contribution >= 0.6 is 11.6 Å². The number of carboxylic acid groups (broad SMARTS) is 1. The Bertz CT molecular complexity index is 368. The van der Waals surface area contributed by atoms with E-state index in [4.69, 9.17) is 21.4 Å². The molecule has 82 valence electrons. The second kappa shape index (κ2) is 5.00. The molecule has 0 radical (unpaired) electrons. The van der Waals surface area contributed by atoms with E-state index < -0.39 is 12.0 Å². The van der Waals surface area contributed by atoms with Crippen LogP contribution in [0.1, 0.15) is 11.6 Å². The van der Waals surface area contributed by atoms with Crippen molar-refractivity contribution in [2.75, 3.05) is 14.2 Å². The van der Waals surface area contributed by atoms with E-state index >= 15 is 0 Å². The van der Waals surface area contributed by atoms with E-state index in [0.717, 1.165) is 0 Å². The second-order valence-electron chi connectivity index (χ2n) is 2.95. The van der Waals surface area contributed by atoms with Crippen LogP contribution in [0, 0.1) is 0 Å². The SMILES string of the molecule is CNC(C(=O)O)c1cc(Cl)ccc1OC. The van der Waals surface area contributed by atoms with Crippen molar-refractivity contribution in [3.63, 3.8) is 0 Å². The van der Waals surface area contributed by atoms with Gasteiger partial charge in [-0.1, -0.05) is 11.6 Å². The van der Waals surface area contributed by atoms with Gasteiger partial charge < -0.3 is 15.2 Å². The van der Waals surface area contributed by atoms with Gasteiger partial charge >= 0.3 is 5.97 Å². The van der Waals surface area contributed by atoms with E-state index in [0.29, 0.717) is 16.3 Å². The summed E-state index contributed by atoms with van der Waals surface area (Å²) in [5.74, 6) is -0.473. The Morgan fingerprint density at radius 3 is 2.73 bits per heavy atom. The van der Waals surface area contributed by atoms with E-state index in [2.05, 4.69) is 5.32 Å². The summed E-state index contributed by atoms with van der Waals surface area (Å²) < 4.78 is 5.07. The molecule has 0 saturated heterocycles. The molecule has 0 aromatic heterocycles. The van der Waals surface area contributed by atoms with Crippen molar-refractivity contribution in [3.8, 4) is 5.75 Å². The molecule has 5 heteroatoms. The van der Waals surface area contributed by atoms with E-state index in [1.807, 2.05) is 0 Å². The van der Waals surface area contributed by atoms with E-state index in [1.54, 1.807) is 25.2 Å². The average molecular weight is 230 g/mol. The summed E-state index contributed by atoms with van der Waals surface area (Å²) in [6, 6.07) is 4.05. The van der Waals surface area contributed by atoms with Crippen LogP contribution in [0.3, 0.4) is 0 Å². The van der Waals surface area contributed by atoms with Crippen LogP contribution in [0.5, 0.6) is 5.75 Å². The first-order valence-corrected chi connectivity index (χ1v) is 4.71. The first-order chi connectivity index (χ1) is 7.10. The lowest BCUT2D eigenvalue weighted by molar-refractivity contribution is -0.139. The highest BCUT2D eigenvalue weighted by molar-refractivity contribution is 6.30. The number of nitrogens with one attached hydrogen (secondary N) is 1. The topological polar surface area (TPSA) is 58.6 Å². The third kappa shape index (κ3) is 2.61. The van der Waals surface area contributed by atoms with E-state index in [1.165, 1.54) is 7.11 Å². The number of aliphatic carboxylic acids is 1. The number of halogens is 1. The summed E-state index contributed by atoms with van der Waals surface area (Å²) in [5, 5.41) is 12.1.